The zero-order valence-electron chi connectivity index (χ0n) is 12.3. The largest absolute Gasteiger partial charge is 0.491 e. The van der Waals surface area contributed by atoms with Gasteiger partial charge in [0, 0.05) is 11.6 Å². The van der Waals surface area contributed by atoms with E-state index in [0.29, 0.717) is 35.6 Å². The van der Waals surface area contributed by atoms with Gasteiger partial charge in [-0.05, 0) is 37.0 Å². The molecule has 1 aromatic rings. The molecule has 4 heteroatoms. The van der Waals surface area contributed by atoms with Crippen LogP contribution in [0.25, 0.3) is 0 Å². The van der Waals surface area contributed by atoms with Crippen LogP contribution in [0, 0.1) is 5.92 Å². The SMILES string of the molecule is CC(C)COc1ccc(C(=O)NC2CCCC2)cc1N. The highest BCUT2D eigenvalue weighted by atomic mass is 16.5. The molecule has 2 rings (SSSR count). The molecule has 1 saturated carbocycles. The minimum absolute atomic E-state index is 0.0426. The average molecular weight is 276 g/mol. The van der Waals surface area contributed by atoms with E-state index >= 15 is 0 Å². The standard InChI is InChI=1S/C16H24N2O2/c1-11(2)10-20-15-8-7-12(9-14(15)17)16(19)18-13-5-3-4-6-13/h7-9,11,13H,3-6,10,17H2,1-2H3,(H,18,19). The van der Waals surface area contributed by atoms with Crippen LogP contribution in [0.1, 0.15) is 49.9 Å². The second-order valence-corrected chi connectivity index (χ2v) is 5.91. The maximum atomic E-state index is 12.1. The van der Waals surface area contributed by atoms with Crippen LogP contribution in [-0.2, 0) is 0 Å². The second kappa shape index (κ2) is 6.64. The number of amides is 1. The van der Waals surface area contributed by atoms with Gasteiger partial charge < -0.3 is 15.8 Å². The van der Waals surface area contributed by atoms with Crippen molar-refractivity contribution in [3.8, 4) is 5.75 Å². The van der Waals surface area contributed by atoms with Crippen LogP contribution in [-0.4, -0.2) is 18.6 Å². The average Bonchev–Trinajstić information content (AvgIpc) is 2.89. The normalized spacial score (nSPS) is 15.6. The number of carbonyl (C=O) groups is 1. The van der Waals surface area contributed by atoms with E-state index < -0.39 is 0 Å². The molecule has 0 aromatic heterocycles. The molecule has 0 saturated heterocycles. The minimum Gasteiger partial charge on any atom is -0.491 e. The zero-order chi connectivity index (χ0) is 14.5. The summed E-state index contributed by atoms with van der Waals surface area (Å²) in [7, 11) is 0. The van der Waals surface area contributed by atoms with Crippen LogP contribution in [0.3, 0.4) is 0 Å². The van der Waals surface area contributed by atoms with E-state index in [-0.39, 0.29) is 5.91 Å². The number of benzene rings is 1. The lowest BCUT2D eigenvalue weighted by molar-refractivity contribution is 0.0938. The van der Waals surface area contributed by atoms with Crippen molar-refractivity contribution in [1.82, 2.24) is 5.32 Å². The number of anilines is 1. The van der Waals surface area contributed by atoms with Crippen molar-refractivity contribution in [2.45, 2.75) is 45.6 Å². The van der Waals surface area contributed by atoms with Crippen molar-refractivity contribution < 1.29 is 9.53 Å². The second-order valence-electron chi connectivity index (χ2n) is 5.91. The molecular weight excluding hydrogens is 252 g/mol. The molecule has 110 valence electrons. The lowest BCUT2D eigenvalue weighted by Crippen LogP contribution is -2.32. The Morgan fingerprint density at radius 2 is 2.10 bits per heavy atom. The van der Waals surface area contributed by atoms with Gasteiger partial charge in [0.05, 0.1) is 12.3 Å². The van der Waals surface area contributed by atoms with E-state index in [4.69, 9.17) is 10.5 Å². The Balaban J connectivity index is 1.98. The van der Waals surface area contributed by atoms with Crippen LogP contribution < -0.4 is 15.8 Å². The fraction of sp³-hybridized carbons (Fsp3) is 0.562. The van der Waals surface area contributed by atoms with Crippen LogP contribution >= 0.6 is 0 Å². The van der Waals surface area contributed by atoms with Gasteiger partial charge >= 0.3 is 0 Å². The molecule has 0 bridgehead atoms. The number of rotatable bonds is 5. The summed E-state index contributed by atoms with van der Waals surface area (Å²) in [5, 5.41) is 3.06. The van der Waals surface area contributed by atoms with E-state index in [1.54, 1.807) is 18.2 Å². The fourth-order valence-electron chi connectivity index (χ4n) is 2.42. The van der Waals surface area contributed by atoms with Gasteiger partial charge in [-0.3, -0.25) is 4.79 Å². The lowest BCUT2D eigenvalue weighted by atomic mass is 10.1. The van der Waals surface area contributed by atoms with Crippen LogP contribution in [0.15, 0.2) is 18.2 Å². The van der Waals surface area contributed by atoms with E-state index in [0.717, 1.165) is 12.8 Å². The van der Waals surface area contributed by atoms with Gasteiger partial charge in [0.25, 0.3) is 5.91 Å². The summed E-state index contributed by atoms with van der Waals surface area (Å²) in [6.45, 7) is 4.79. The first-order valence-corrected chi connectivity index (χ1v) is 7.39. The van der Waals surface area contributed by atoms with E-state index in [9.17, 15) is 4.79 Å². The highest BCUT2D eigenvalue weighted by Crippen LogP contribution is 2.24. The number of ether oxygens (including phenoxy) is 1. The number of hydrogen-bond acceptors (Lipinski definition) is 3. The van der Waals surface area contributed by atoms with Gasteiger partial charge in [-0.1, -0.05) is 26.7 Å². The third kappa shape index (κ3) is 3.89. The van der Waals surface area contributed by atoms with Crippen molar-refractivity contribution in [3.05, 3.63) is 23.8 Å². The molecule has 1 aliphatic rings. The Bertz CT molecular complexity index is 466. The molecule has 4 nitrogen and oxygen atoms in total. The zero-order valence-corrected chi connectivity index (χ0v) is 12.3. The predicted molar refractivity (Wildman–Crippen MR) is 80.9 cm³/mol. The summed E-state index contributed by atoms with van der Waals surface area (Å²) in [5.74, 6) is 1.05. The third-order valence-electron chi connectivity index (χ3n) is 3.53. The monoisotopic (exact) mass is 276 g/mol. The van der Waals surface area contributed by atoms with Gasteiger partial charge in [0.15, 0.2) is 0 Å². The molecular formula is C16H24N2O2. The Morgan fingerprint density at radius 1 is 1.40 bits per heavy atom. The van der Waals surface area contributed by atoms with E-state index in [1.807, 2.05) is 0 Å². The summed E-state index contributed by atoms with van der Waals surface area (Å²) >= 11 is 0. The maximum Gasteiger partial charge on any atom is 0.251 e. The summed E-state index contributed by atoms with van der Waals surface area (Å²) in [5.41, 5.74) is 7.07. The van der Waals surface area contributed by atoms with Gasteiger partial charge in [-0.25, -0.2) is 0 Å². The molecule has 3 N–H and O–H groups in total. The lowest BCUT2D eigenvalue weighted by Gasteiger charge is -2.14. The smallest absolute Gasteiger partial charge is 0.251 e. The highest BCUT2D eigenvalue weighted by molar-refractivity contribution is 5.95. The Hall–Kier alpha value is -1.71. The number of carbonyl (C=O) groups excluding carboxylic acids is 1. The fourth-order valence-corrected chi connectivity index (χ4v) is 2.42. The number of nitrogens with two attached hydrogens (primary N) is 1. The molecule has 0 radical (unpaired) electrons. The summed E-state index contributed by atoms with van der Waals surface area (Å²) in [6.07, 6.45) is 4.57. The molecule has 0 unspecified atom stereocenters. The van der Waals surface area contributed by atoms with Crippen molar-refractivity contribution in [1.29, 1.82) is 0 Å². The molecule has 0 spiro atoms. The highest BCUT2D eigenvalue weighted by Gasteiger charge is 2.18. The minimum atomic E-state index is -0.0426. The molecule has 1 aromatic carbocycles. The number of nitrogens with one attached hydrogen (secondary N) is 1. The third-order valence-corrected chi connectivity index (χ3v) is 3.53. The Labute approximate surface area is 120 Å². The molecule has 0 aliphatic heterocycles. The molecule has 1 aliphatic carbocycles. The van der Waals surface area contributed by atoms with Crippen molar-refractivity contribution in [2.75, 3.05) is 12.3 Å². The Morgan fingerprint density at radius 3 is 2.70 bits per heavy atom. The van der Waals surface area contributed by atoms with Crippen molar-refractivity contribution in [2.24, 2.45) is 5.92 Å². The van der Waals surface area contributed by atoms with Gasteiger partial charge in [-0.15, -0.1) is 0 Å². The molecule has 0 heterocycles. The van der Waals surface area contributed by atoms with Gasteiger partial charge in [-0.2, -0.15) is 0 Å². The maximum absolute atomic E-state index is 12.1. The summed E-state index contributed by atoms with van der Waals surface area (Å²) in [4.78, 5) is 12.1. The predicted octanol–water partition coefficient (Wildman–Crippen LogP) is 2.98. The van der Waals surface area contributed by atoms with Crippen molar-refractivity contribution >= 4 is 11.6 Å². The van der Waals surface area contributed by atoms with Crippen LogP contribution in [0.2, 0.25) is 0 Å². The first kappa shape index (κ1) is 14.7. The van der Waals surface area contributed by atoms with Crippen LogP contribution in [0.5, 0.6) is 5.75 Å². The van der Waals surface area contributed by atoms with Gasteiger partial charge in [0.1, 0.15) is 5.75 Å². The van der Waals surface area contributed by atoms with E-state index in [1.165, 1.54) is 12.8 Å². The summed E-state index contributed by atoms with van der Waals surface area (Å²) in [6, 6.07) is 5.57. The number of nitrogen functional groups attached to an aromatic ring is 1. The van der Waals surface area contributed by atoms with Crippen LogP contribution in [0.4, 0.5) is 5.69 Å². The van der Waals surface area contributed by atoms with E-state index in [2.05, 4.69) is 19.2 Å². The summed E-state index contributed by atoms with van der Waals surface area (Å²) < 4.78 is 5.61. The molecule has 1 fully saturated rings. The molecule has 20 heavy (non-hydrogen) atoms. The quantitative estimate of drug-likeness (QED) is 0.813. The molecule has 0 atom stereocenters. The number of hydrogen-bond donors (Lipinski definition) is 2. The Kier molecular flexibility index (Phi) is 4.88. The first-order chi connectivity index (χ1) is 9.56. The van der Waals surface area contributed by atoms with Gasteiger partial charge in [0.2, 0.25) is 0 Å². The van der Waals surface area contributed by atoms with Crippen molar-refractivity contribution in [3.63, 3.8) is 0 Å². The topological polar surface area (TPSA) is 64.3 Å². The first-order valence-electron chi connectivity index (χ1n) is 7.39. The molecule has 1 amide bonds.